The third kappa shape index (κ3) is 14.8. The van der Waals surface area contributed by atoms with Gasteiger partial charge in [0.15, 0.2) is 0 Å². The highest BCUT2D eigenvalue weighted by Crippen LogP contribution is 2.42. The standard InChI is InChI=1S/C30H63NO2/c1-17-23(2)19-27(8,9)32-29(12,13)21-25(4,5)22-30(14,15)33-28(10,11)20-24(3)18-26(6,7)31-16/h23-24,31H,17-22H2,1-16H3. The normalized spacial score (nSPS) is 16.7. The Bertz CT molecular complexity index is 572. The first kappa shape index (κ1) is 32.9. The van der Waals surface area contributed by atoms with Gasteiger partial charge in [-0.3, -0.25) is 0 Å². The molecule has 0 saturated carbocycles. The summed E-state index contributed by atoms with van der Waals surface area (Å²) in [7, 11) is 2.05. The van der Waals surface area contributed by atoms with Gasteiger partial charge in [0.05, 0.1) is 22.4 Å². The Labute approximate surface area is 209 Å². The van der Waals surface area contributed by atoms with E-state index in [4.69, 9.17) is 9.47 Å². The summed E-state index contributed by atoms with van der Waals surface area (Å²) in [6.07, 6.45) is 6.49. The molecule has 0 amide bonds. The van der Waals surface area contributed by atoms with Crippen LogP contribution in [0, 0.1) is 17.3 Å². The number of rotatable bonds is 16. The molecule has 0 heterocycles. The van der Waals surface area contributed by atoms with Crippen molar-refractivity contribution in [1.29, 1.82) is 0 Å². The third-order valence-corrected chi connectivity index (χ3v) is 6.83. The van der Waals surface area contributed by atoms with Gasteiger partial charge in [0.25, 0.3) is 0 Å². The molecule has 0 aromatic rings. The van der Waals surface area contributed by atoms with Gasteiger partial charge < -0.3 is 14.8 Å². The number of nitrogens with one attached hydrogen (secondary N) is 1. The summed E-state index contributed by atoms with van der Waals surface area (Å²) in [4.78, 5) is 0. The van der Waals surface area contributed by atoms with Gasteiger partial charge in [0, 0.05) is 5.54 Å². The van der Waals surface area contributed by atoms with Crippen LogP contribution >= 0.6 is 0 Å². The predicted octanol–water partition coefficient (Wildman–Crippen LogP) is 8.79. The van der Waals surface area contributed by atoms with E-state index in [-0.39, 0.29) is 33.4 Å². The van der Waals surface area contributed by atoms with Crippen LogP contribution in [0.4, 0.5) is 0 Å². The smallest absolute Gasteiger partial charge is 0.0638 e. The van der Waals surface area contributed by atoms with Crippen LogP contribution in [0.2, 0.25) is 0 Å². The van der Waals surface area contributed by atoms with Crippen LogP contribution in [0.3, 0.4) is 0 Å². The minimum Gasteiger partial charge on any atom is -0.370 e. The molecule has 2 unspecified atom stereocenters. The Balaban J connectivity index is 5.12. The first-order valence-corrected chi connectivity index (χ1v) is 13.5. The summed E-state index contributed by atoms with van der Waals surface area (Å²) in [6, 6.07) is 0. The summed E-state index contributed by atoms with van der Waals surface area (Å²) in [5.74, 6) is 1.27. The number of ether oxygens (including phenoxy) is 2. The average molecular weight is 470 g/mol. The van der Waals surface area contributed by atoms with Crippen molar-refractivity contribution in [3.05, 3.63) is 0 Å². The molecule has 0 rings (SSSR count). The first-order chi connectivity index (χ1) is 14.4. The van der Waals surface area contributed by atoms with Gasteiger partial charge >= 0.3 is 0 Å². The van der Waals surface area contributed by atoms with E-state index in [1.54, 1.807) is 0 Å². The molecule has 0 spiro atoms. The highest BCUT2D eigenvalue weighted by atomic mass is 16.5. The van der Waals surface area contributed by atoms with Crippen molar-refractivity contribution < 1.29 is 9.47 Å². The zero-order valence-electron chi connectivity index (χ0n) is 25.7. The minimum absolute atomic E-state index is 0.106. The van der Waals surface area contributed by atoms with Crippen molar-refractivity contribution in [2.75, 3.05) is 7.05 Å². The summed E-state index contributed by atoms with van der Waals surface area (Å²) in [6.45, 7) is 34.3. The van der Waals surface area contributed by atoms with E-state index in [1.807, 2.05) is 0 Å². The highest BCUT2D eigenvalue weighted by molar-refractivity contribution is 4.90. The van der Waals surface area contributed by atoms with Crippen molar-refractivity contribution in [1.82, 2.24) is 5.32 Å². The minimum atomic E-state index is -0.201. The second kappa shape index (κ2) is 11.7. The molecule has 0 aliphatic heterocycles. The summed E-state index contributed by atoms with van der Waals surface area (Å²) in [5.41, 5.74) is -0.392. The molecule has 0 saturated heterocycles. The third-order valence-electron chi connectivity index (χ3n) is 6.83. The van der Waals surface area contributed by atoms with E-state index >= 15 is 0 Å². The lowest BCUT2D eigenvalue weighted by atomic mass is 9.74. The molecule has 0 aromatic heterocycles. The summed E-state index contributed by atoms with van der Waals surface area (Å²) >= 11 is 0. The quantitative estimate of drug-likeness (QED) is 0.245. The van der Waals surface area contributed by atoms with Gasteiger partial charge in [0.2, 0.25) is 0 Å². The molecule has 0 bridgehead atoms. The lowest BCUT2D eigenvalue weighted by Crippen LogP contribution is -2.45. The Morgan fingerprint density at radius 2 is 0.939 bits per heavy atom. The van der Waals surface area contributed by atoms with Gasteiger partial charge in [-0.1, -0.05) is 41.0 Å². The maximum Gasteiger partial charge on any atom is 0.0638 e. The maximum atomic E-state index is 6.80. The van der Waals surface area contributed by atoms with E-state index < -0.39 is 0 Å². The van der Waals surface area contributed by atoms with Crippen LogP contribution in [0.5, 0.6) is 0 Å². The second-order valence-electron chi connectivity index (χ2n) is 15.1. The molecule has 2 atom stereocenters. The highest BCUT2D eigenvalue weighted by Gasteiger charge is 2.40. The lowest BCUT2D eigenvalue weighted by molar-refractivity contribution is -0.166. The topological polar surface area (TPSA) is 30.5 Å². The van der Waals surface area contributed by atoms with Crippen LogP contribution in [0.1, 0.15) is 142 Å². The maximum absolute atomic E-state index is 6.80. The van der Waals surface area contributed by atoms with Gasteiger partial charge in [-0.05, 0) is 126 Å². The molecule has 1 N–H and O–H groups in total. The van der Waals surface area contributed by atoms with Crippen molar-refractivity contribution >= 4 is 0 Å². The van der Waals surface area contributed by atoms with Crippen molar-refractivity contribution in [2.45, 2.75) is 170 Å². The average Bonchev–Trinajstić information content (AvgIpc) is 2.47. The van der Waals surface area contributed by atoms with E-state index in [0.29, 0.717) is 11.8 Å². The van der Waals surface area contributed by atoms with E-state index in [9.17, 15) is 0 Å². The van der Waals surface area contributed by atoms with Crippen LogP contribution in [0.25, 0.3) is 0 Å². The van der Waals surface area contributed by atoms with Gasteiger partial charge in [0.1, 0.15) is 0 Å². The van der Waals surface area contributed by atoms with Gasteiger partial charge in [-0.2, -0.15) is 0 Å². The largest absolute Gasteiger partial charge is 0.370 e. The van der Waals surface area contributed by atoms with E-state index in [2.05, 4.69) is 116 Å². The number of hydrogen-bond donors (Lipinski definition) is 1. The molecule has 200 valence electrons. The molecule has 3 heteroatoms. The van der Waals surface area contributed by atoms with Crippen LogP contribution < -0.4 is 5.32 Å². The monoisotopic (exact) mass is 469 g/mol. The zero-order valence-corrected chi connectivity index (χ0v) is 25.7. The first-order valence-electron chi connectivity index (χ1n) is 13.5. The van der Waals surface area contributed by atoms with E-state index in [0.717, 1.165) is 32.1 Å². The van der Waals surface area contributed by atoms with E-state index in [1.165, 1.54) is 6.42 Å². The molecule has 3 nitrogen and oxygen atoms in total. The van der Waals surface area contributed by atoms with Crippen LogP contribution in [0.15, 0.2) is 0 Å². The zero-order chi connectivity index (χ0) is 26.5. The van der Waals surface area contributed by atoms with Crippen LogP contribution in [-0.2, 0) is 9.47 Å². The molecular weight excluding hydrogens is 406 g/mol. The Morgan fingerprint density at radius 1 is 0.576 bits per heavy atom. The fourth-order valence-corrected chi connectivity index (χ4v) is 6.89. The number of hydrogen-bond acceptors (Lipinski definition) is 3. The van der Waals surface area contributed by atoms with Crippen LogP contribution in [-0.4, -0.2) is 35.0 Å². The predicted molar refractivity (Wildman–Crippen MR) is 147 cm³/mol. The van der Waals surface area contributed by atoms with Crippen molar-refractivity contribution in [3.63, 3.8) is 0 Å². The van der Waals surface area contributed by atoms with Crippen molar-refractivity contribution in [2.24, 2.45) is 17.3 Å². The Hall–Kier alpha value is -0.120. The molecule has 0 fully saturated rings. The lowest BCUT2D eigenvalue weighted by Gasteiger charge is -2.45. The molecule has 0 aliphatic rings. The fourth-order valence-electron chi connectivity index (χ4n) is 6.89. The Morgan fingerprint density at radius 3 is 1.27 bits per heavy atom. The van der Waals surface area contributed by atoms with Crippen molar-refractivity contribution in [3.8, 4) is 0 Å². The molecular formula is C30H63NO2. The summed E-state index contributed by atoms with van der Waals surface area (Å²) in [5, 5.41) is 3.44. The fraction of sp³-hybridized carbons (Fsp3) is 1.00. The SMILES string of the molecule is CCC(C)CC(C)(C)OC(C)(C)CC(C)(C)CC(C)(C)OC(C)(C)CC(C)CC(C)(C)NC. The van der Waals surface area contributed by atoms with Gasteiger partial charge in [-0.15, -0.1) is 0 Å². The molecule has 0 aliphatic carbocycles. The second-order valence-corrected chi connectivity index (χ2v) is 15.1. The summed E-state index contributed by atoms with van der Waals surface area (Å²) < 4.78 is 13.5. The Kier molecular flexibility index (Phi) is 11.7. The molecule has 0 aromatic carbocycles. The molecule has 33 heavy (non-hydrogen) atoms. The van der Waals surface area contributed by atoms with Gasteiger partial charge in [-0.25, -0.2) is 0 Å². The molecule has 0 radical (unpaired) electrons.